The average molecular weight is 266 g/mol. The van der Waals surface area contributed by atoms with Gasteiger partial charge in [0.1, 0.15) is 5.52 Å². The first-order valence-electron chi connectivity index (χ1n) is 6.45. The van der Waals surface area contributed by atoms with Crippen LogP contribution in [-0.4, -0.2) is 27.4 Å². The molecule has 2 aromatic heterocycles. The zero-order valence-electron chi connectivity index (χ0n) is 10.8. The van der Waals surface area contributed by atoms with Gasteiger partial charge in [-0.05, 0) is 24.3 Å². The number of hydrogen-bond acceptors (Lipinski definition) is 3. The van der Waals surface area contributed by atoms with Crippen molar-refractivity contribution in [2.75, 3.05) is 6.54 Å². The molecule has 2 heterocycles. The van der Waals surface area contributed by atoms with Crippen LogP contribution in [0.2, 0.25) is 0 Å². The number of carbonyl (C=O) groups is 1. The summed E-state index contributed by atoms with van der Waals surface area (Å²) < 4.78 is 0. The monoisotopic (exact) mass is 266 g/mol. The molecule has 0 aliphatic carbocycles. The Labute approximate surface area is 116 Å². The number of fused-ring (bicyclic) bond motifs is 1. The number of rotatable bonds is 4. The van der Waals surface area contributed by atoms with Gasteiger partial charge < -0.3 is 10.3 Å². The van der Waals surface area contributed by atoms with Crippen LogP contribution in [0.15, 0.2) is 48.9 Å². The molecule has 5 nitrogen and oxygen atoms in total. The summed E-state index contributed by atoms with van der Waals surface area (Å²) in [6.45, 7) is 0.552. The van der Waals surface area contributed by atoms with Crippen LogP contribution in [0.1, 0.15) is 16.1 Å². The fourth-order valence-electron chi connectivity index (χ4n) is 2.09. The number of amides is 1. The normalized spacial score (nSPS) is 10.6. The quantitative estimate of drug-likeness (QED) is 0.758. The molecule has 0 bridgehead atoms. The Balaban J connectivity index is 1.66. The summed E-state index contributed by atoms with van der Waals surface area (Å²) in [6, 6.07) is 11.3. The highest BCUT2D eigenvalue weighted by molar-refractivity contribution is 6.04. The smallest absolute Gasteiger partial charge is 0.253 e. The second kappa shape index (κ2) is 5.52. The predicted octanol–water partition coefficient (Wildman–Crippen LogP) is 1.93. The van der Waals surface area contributed by atoms with Crippen LogP contribution in [0.4, 0.5) is 0 Å². The van der Waals surface area contributed by atoms with Crippen LogP contribution in [0, 0.1) is 0 Å². The number of hydrogen-bond donors (Lipinski definition) is 2. The van der Waals surface area contributed by atoms with Crippen molar-refractivity contribution >= 4 is 16.9 Å². The fraction of sp³-hybridized carbons (Fsp3) is 0.133. The van der Waals surface area contributed by atoms with Crippen molar-refractivity contribution in [3.63, 3.8) is 0 Å². The van der Waals surface area contributed by atoms with E-state index in [4.69, 9.17) is 0 Å². The van der Waals surface area contributed by atoms with Gasteiger partial charge in [0, 0.05) is 24.9 Å². The average Bonchev–Trinajstić information content (AvgIpc) is 2.96. The Kier molecular flexibility index (Phi) is 3.41. The molecule has 0 atom stereocenters. The van der Waals surface area contributed by atoms with Gasteiger partial charge in [0.05, 0.1) is 17.4 Å². The number of nitrogens with zero attached hydrogens (tertiary/aromatic N) is 2. The Morgan fingerprint density at radius 1 is 1.15 bits per heavy atom. The molecule has 2 N–H and O–H groups in total. The van der Waals surface area contributed by atoms with E-state index in [1.165, 1.54) is 0 Å². The third-order valence-corrected chi connectivity index (χ3v) is 3.09. The molecule has 1 aromatic carbocycles. The standard InChI is InChI=1S/C15H14N4O/c20-15(17-9-7-11-4-1-2-8-16-11)12-5-3-6-13-14(12)19-10-18-13/h1-6,8,10H,7,9H2,(H,17,20)(H,18,19). The lowest BCUT2D eigenvalue weighted by Crippen LogP contribution is -2.26. The first-order valence-corrected chi connectivity index (χ1v) is 6.45. The van der Waals surface area contributed by atoms with E-state index in [-0.39, 0.29) is 5.91 Å². The maximum atomic E-state index is 12.2. The van der Waals surface area contributed by atoms with Gasteiger partial charge in [-0.15, -0.1) is 0 Å². The number of pyridine rings is 1. The van der Waals surface area contributed by atoms with Gasteiger partial charge in [-0.25, -0.2) is 4.98 Å². The number of para-hydroxylation sites is 1. The lowest BCUT2D eigenvalue weighted by molar-refractivity contribution is 0.0955. The molecule has 5 heteroatoms. The van der Waals surface area contributed by atoms with Crippen LogP contribution in [0.5, 0.6) is 0 Å². The minimum Gasteiger partial charge on any atom is -0.352 e. The highest BCUT2D eigenvalue weighted by Gasteiger charge is 2.10. The Bertz CT molecular complexity index is 721. The highest BCUT2D eigenvalue weighted by atomic mass is 16.1. The van der Waals surface area contributed by atoms with Gasteiger partial charge in [-0.2, -0.15) is 0 Å². The van der Waals surface area contributed by atoms with Crippen molar-refractivity contribution in [2.45, 2.75) is 6.42 Å². The predicted molar refractivity (Wildman–Crippen MR) is 76.4 cm³/mol. The minimum atomic E-state index is -0.112. The van der Waals surface area contributed by atoms with Crippen LogP contribution in [-0.2, 0) is 6.42 Å². The summed E-state index contributed by atoms with van der Waals surface area (Å²) in [5.41, 5.74) is 3.11. The number of imidazole rings is 1. The SMILES string of the molecule is O=C(NCCc1ccccn1)c1cccc2[nH]cnc12. The van der Waals surface area contributed by atoms with Gasteiger partial charge in [0.25, 0.3) is 5.91 Å². The van der Waals surface area contributed by atoms with E-state index in [9.17, 15) is 4.79 Å². The van der Waals surface area contributed by atoms with Crippen molar-refractivity contribution in [1.29, 1.82) is 0 Å². The molecule has 0 aliphatic heterocycles. The maximum absolute atomic E-state index is 12.2. The molecule has 0 unspecified atom stereocenters. The first kappa shape index (κ1) is 12.3. The summed E-state index contributed by atoms with van der Waals surface area (Å²) in [4.78, 5) is 23.6. The van der Waals surface area contributed by atoms with Crippen molar-refractivity contribution in [1.82, 2.24) is 20.3 Å². The summed E-state index contributed by atoms with van der Waals surface area (Å²) in [6.07, 6.45) is 4.06. The molecule has 0 spiro atoms. The molecule has 20 heavy (non-hydrogen) atoms. The van der Waals surface area contributed by atoms with E-state index in [0.717, 1.165) is 11.2 Å². The lowest BCUT2D eigenvalue weighted by Gasteiger charge is -2.05. The molecule has 0 fully saturated rings. The molecule has 0 saturated carbocycles. The summed E-state index contributed by atoms with van der Waals surface area (Å²) in [5, 5.41) is 2.90. The van der Waals surface area contributed by atoms with E-state index in [1.54, 1.807) is 18.6 Å². The third kappa shape index (κ3) is 2.51. The number of benzene rings is 1. The van der Waals surface area contributed by atoms with Crippen LogP contribution >= 0.6 is 0 Å². The Morgan fingerprint density at radius 2 is 2.10 bits per heavy atom. The van der Waals surface area contributed by atoms with Gasteiger partial charge in [0.2, 0.25) is 0 Å². The van der Waals surface area contributed by atoms with E-state index >= 15 is 0 Å². The Morgan fingerprint density at radius 3 is 2.95 bits per heavy atom. The summed E-state index contributed by atoms with van der Waals surface area (Å²) in [7, 11) is 0. The maximum Gasteiger partial charge on any atom is 0.253 e. The topological polar surface area (TPSA) is 70.7 Å². The van der Waals surface area contributed by atoms with Crippen molar-refractivity contribution < 1.29 is 4.79 Å². The van der Waals surface area contributed by atoms with Gasteiger partial charge >= 0.3 is 0 Å². The first-order chi connectivity index (χ1) is 9.84. The zero-order valence-corrected chi connectivity index (χ0v) is 10.8. The lowest BCUT2D eigenvalue weighted by atomic mass is 10.1. The van der Waals surface area contributed by atoms with Crippen LogP contribution in [0.25, 0.3) is 11.0 Å². The van der Waals surface area contributed by atoms with Gasteiger partial charge in [-0.3, -0.25) is 9.78 Å². The van der Waals surface area contributed by atoms with Crippen LogP contribution in [0.3, 0.4) is 0 Å². The minimum absolute atomic E-state index is 0.112. The molecular formula is C15H14N4O. The molecule has 0 radical (unpaired) electrons. The van der Waals surface area contributed by atoms with Crippen molar-refractivity contribution in [3.8, 4) is 0 Å². The fourth-order valence-corrected chi connectivity index (χ4v) is 2.09. The largest absolute Gasteiger partial charge is 0.352 e. The van der Waals surface area contributed by atoms with E-state index in [2.05, 4.69) is 20.3 Å². The molecule has 0 saturated heterocycles. The summed E-state index contributed by atoms with van der Waals surface area (Å²) in [5.74, 6) is -0.112. The zero-order chi connectivity index (χ0) is 13.8. The summed E-state index contributed by atoms with van der Waals surface area (Å²) >= 11 is 0. The molecule has 0 aliphatic rings. The number of carbonyl (C=O) groups excluding carboxylic acids is 1. The van der Waals surface area contributed by atoms with Gasteiger partial charge in [0.15, 0.2) is 0 Å². The number of nitrogens with one attached hydrogen (secondary N) is 2. The second-order valence-corrected chi connectivity index (χ2v) is 4.43. The number of aromatic amines is 1. The molecule has 100 valence electrons. The number of aromatic nitrogens is 3. The van der Waals surface area contributed by atoms with Crippen molar-refractivity contribution in [3.05, 3.63) is 60.2 Å². The molecule has 3 aromatic rings. The van der Waals surface area contributed by atoms with E-state index in [1.807, 2.05) is 30.3 Å². The van der Waals surface area contributed by atoms with Crippen LogP contribution < -0.4 is 5.32 Å². The van der Waals surface area contributed by atoms with Gasteiger partial charge in [-0.1, -0.05) is 12.1 Å². The second-order valence-electron chi connectivity index (χ2n) is 4.43. The highest BCUT2D eigenvalue weighted by Crippen LogP contribution is 2.14. The molecular weight excluding hydrogens is 252 g/mol. The van der Waals surface area contributed by atoms with E-state index < -0.39 is 0 Å². The molecule has 1 amide bonds. The van der Waals surface area contributed by atoms with E-state index in [0.29, 0.717) is 24.0 Å². The third-order valence-electron chi connectivity index (χ3n) is 3.09. The number of H-pyrrole nitrogens is 1. The molecule has 3 rings (SSSR count). The van der Waals surface area contributed by atoms with Crippen molar-refractivity contribution in [2.24, 2.45) is 0 Å². The Hall–Kier alpha value is -2.69.